The molecule has 0 bridgehead atoms. The van der Waals surface area contributed by atoms with Gasteiger partial charge in [0.15, 0.2) is 5.96 Å². The number of halogens is 1. The maximum Gasteiger partial charge on any atom is 0.185 e. The lowest BCUT2D eigenvalue weighted by molar-refractivity contribution is 0.306. The zero-order valence-corrected chi connectivity index (χ0v) is 12.0. The number of aliphatic imine (C=N–C) groups is 1. The summed E-state index contributed by atoms with van der Waals surface area (Å²) in [6.45, 7) is 0.583. The molecule has 0 heterocycles. The highest BCUT2D eigenvalue weighted by molar-refractivity contribution is 14.0. The Morgan fingerprint density at radius 1 is 1.25 bits per heavy atom. The normalized spacial score (nSPS) is 11.7. The lowest BCUT2D eigenvalue weighted by atomic mass is 10.1. The molecule has 0 aliphatic carbocycles. The third kappa shape index (κ3) is 4.80. The van der Waals surface area contributed by atoms with Crippen LogP contribution in [0.4, 0.5) is 0 Å². The molecule has 1 atom stereocenters. The highest BCUT2D eigenvalue weighted by Crippen LogP contribution is 2.17. The average molecular weight is 334 g/mol. The Morgan fingerprint density at radius 2 is 1.81 bits per heavy atom. The number of nitrogens with zero attached hydrogens (tertiary/aromatic N) is 2. The maximum atomic E-state index is 5.33. The summed E-state index contributed by atoms with van der Waals surface area (Å²) in [7, 11) is 4.03. The first-order valence-electron chi connectivity index (χ1n) is 4.88. The molecule has 0 saturated heterocycles. The van der Waals surface area contributed by atoms with Crippen molar-refractivity contribution in [2.75, 3.05) is 20.6 Å². The molecule has 4 nitrogen and oxygen atoms in total. The van der Waals surface area contributed by atoms with Crippen molar-refractivity contribution in [3.05, 3.63) is 35.9 Å². The van der Waals surface area contributed by atoms with E-state index in [1.54, 1.807) is 0 Å². The summed E-state index contributed by atoms with van der Waals surface area (Å²) in [6.07, 6.45) is 0. The number of hydrogen-bond donors (Lipinski definition) is 2. The first-order chi connectivity index (χ1) is 7.11. The zero-order chi connectivity index (χ0) is 11.3. The Bertz CT molecular complexity index is 320. The number of rotatable bonds is 4. The quantitative estimate of drug-likeness (QED) is 0.494. The maximum absolute atomic E-state index is 5.33. The van der Waals surface area contributed by atoms with Crippen molar-refractivity contribution >= 4 is 29.9 Å². The number of likely N-dealkylation sites (N-methyl/N-ethyl adjacent to an activating group) is 1. The first kappa shape index (κ1) is 15.2. The van der Waals surface area contributed by atoms with E-state index >= 15 is 0 Å². The molecule has 0 radical (unpaired) electrons. The van der Waals surface area contributed by atoms with E-state index in [-0.39, 0.29) is 36.0 Å². The van der Waals surface area contributed by atoms with Crippen molar-refractivity contribution in [3.63, 3.8) is 0 Å². The van der Waals surface area contributed by atoms with Crippen molar-refractivity contribution in [2.24, 2.45) is 16.5 Å². The Hall–Kier alpha value is -0.820. The monoisotopic (exact) mass is 334 g/mol. The highest BCUT2D eigenvalue weighted by Gasteiger charge is 2.12. The van der Waals surface area contributed by atoms with Gasteiger partial charge in [0, 0.05) is 0 Å². The van der Waals surface area contributed by atoms with Gasteiger partial charge in [-0.2, -0.15) is 0 Å². The summed E-state index contributed by atoms with van der Waals surface area (Å²) in [4.78, 5) is 6.15. The molecule has 0 spiro atoms. The van der Waals surface area contributed by atoms with E-state index in [1.165, 1.54) is 5.56 Å². The molecule has 16 heavy (non-hydrogen) atoms. The molecule has 5 heteroatoms. The smallest absolute Gasteiger partial charge is 0.185 e. The van der Waals surface area contributed by atoms with Crippen molar-refractivity contribution in [2.45, 2.75) is 6.04 Å². The Morgan fingerprint density at radius 3 is 2.25 bits per heavy atom. The second-order valence-corrected chi connectivity index (χ2v) is 3.66. The summed E-state index contributed by atoms with van der Waals surface area (Å²) in [6, 6.07) is 10.4. The summed E-state index contributed by atoms with van der Waals surface area (Å²) < 4.78 is 0. The molecule has 0 fully saturated rings. The molecular weight excluding hydrogens is 315 g/mol. The fourth-order valence-corrected chi connectivity index (χ4v) is 1.43. The molecule has 1 aromatic rings. The highest BCUT2D eigenvalue weighted by atomic mass is 127. The second-order valence-electron chi connectivity index (χ2n) is 3.66. The van der Waals surface area contributed by atoms with Gasteiger partial charge in [-0.3, -0.25) is 4.99 Å². The van der Waals surface area contributed by atoms with Gasteiger partial charge in [0.2, 0.25) is 0 Å². The predicted octanol–water partition coefficient (Wildman–Crippen LogP) is 1.18. The molecule has 0 aromatic heterocycles. The summed E-state index contributed by atoms with van der Waals surface area (Å²) in [5.41, 5.74) is 11.9. The van der Waals surface area contributed by atoms with Crippen LogP contribution >= 0.6 is 24.0 Å². The van der Waals surface area contributed by atoms with E-state index < -0.39 is 0 Å². The van der Waals surface area contributed by atoms with Crippen molar-refractivity contribution in [1.82, 2.24) is 4.90 Å². The Labute approximate surface area is 114 Å². The van der Waals surface area contributed by atoms with E-state index in [4.69, 9.17) is 11.5 Å². The summed E-state index contributed by atoms with van der Waals surface area (Å²) in [5, 5.41) is 0. The van der Waals surface area contributed by atoms with Crippen LogP contribution in [0.1, 0.15) is 11.6 Å². The SMILES string of the molecule is CN(C)C(CN=C(N)N)c1ccccc1.I. The van der Waals surface area contributed by atoms with Crippen LogP contribution in [0.15, 0.2) is 35.3 Å². The van der Waals surface area contributed by atoms with Crippen molar-refractivity contribution in [1.29, 1.82) is 0 Å². The fourth-order valence-electron chi connectivity index (χ4n) is 1.43. The van der Waals surface area contributed by atoms with Crippen LogP contribution in [-0.2, 0) is 0 Å². The van der Waals surface area contributed by atoms with Crippen molar-refractivity contribution < 1.29 is 0 Å². The van der Waals surface area contributed by atoms with Crippen LogP contribution in [0.25, 0.3) is 0 Å². The van der Waals surface area contributed by atoms with Crippen LogP contribution in [0.5, 0.6) is 0 Å². The van der Waals surface area contributed by atoms with E-state index in [1.807, 2.05) is 32.3 Å². The standard InChI is InChI=1S/C11H18N4.HI/c1-15(2)10(8-14-11(12)13)9-6-4-3-5-7-9;/h3-7,10H,8H2,1-2H3,(H4,12,13,14);1H. The second kappa shape index (κ2) is 7.45. The summed E-state index contributed by atoms with van der Waals surface area (Å²) >= 11 is 0. The van der Waals surface area contributed by atoms with Crippen molar-refractivity contribution in [3.8, 4) is 0 Å². The lowest BCUT2D eigenvalue weighted by Crippen LogP contribution is -2.27. The van der Waals surface area contributed by atoms with Gasteiger partial charge < -0.3 is 16.4 Å². The van der Waals surface area contributed by atoms with Gasteiger partial charge in [-0.1, -0.05) is 30.3 Å². The third-order valence-corrected chi connectivity index (χ3v) is 2.25. The van der Waals surface area contributed by atoms with Gasteiger partial charge in [-0.05, 0) is 19.7 Å². The Balaban J connectivity index is 0.00000225. The van der Waals surface area contributed by atoms with Crippen LogP contribution in [0.3, 0.4) is 0 Å². The molecule has 4 N–H and O–H groups in total. The van der Waals surface area contributed by atoms with Gasteiger partial charge in [0.05, 0.1) is 12.6 Å². The number of nitrogens with two attached hydrogens (primary N) is 2. The molecule has 1 rings (SSSR count). The van der Waals surface area contributed by atoms with Crippen LogP contribution in [0, 0.1) is 0 Å². The van der Waals surface area contributed by atoms with Gasteiger partial charge >= 0.3 is 0 Å². The molecular formula is C11H19IN4. The van der Waals surface area contributed by atoms with Crippen LogP contribution in [-0.4, -0.2) is 31.5 Å². The molecule has 0 amide bonds. The molecule has 0 saturated carbocycles. The van der Waals surface area contributed by atoms with E-state index in [2.05, 4.69) is 22.0 Å². The predicted molar refractivity (Wildman–Crippen MR) is 79.0 cm³/mol. The van der Waals surface area contributed by atoms with E-state index in [0.29, 0.717) is 6.54 Å². The molecule has 0 aliphatic heterocycles. The minimum atomic E-state index is 0. The summed E-state index contributed by atoms with van der Waals surface area (Å²) in [5.74, 6) is 0.137. The largest absolute Gasteiger partial charge is 0.370 e. The minimum absolute atomic E-state index is 0. The van der Waals surface area contributed by atoms with Gasteiger partial charge in [-0.15, -0.1) is 24.0 Å². The molecule has 1 unspecified atom stereocenters. The van der Waals surface area contributed by atoms with Gasteiger partial charge in [0.25, 0.3) is 0 Å². The molecule has 1 aromatic carbocycles. The van der Waals surface area contributed by atoms with Crippen LogP contribution < -0.4 is 11.5 Å². The van der Waals surface area contributed by atoms with E-state index in [0.717, 1.165) is 0 Å². The number of guanidine groups is 1. The Kier molecular flexibility index (Phi) is 7.07. The minimum Gasteiger partial charge on any atom is -0.370 e. The third-order valence-electron chi connectivity index (χ3n) is 2.25. The van der Waals surface area contributed by atoms with Crippen LogP contribution in [0.2, 0.25) is 0 Å². The average Bonchev–Trinajstić information content (AvgIpc) is 2.18. The first-order valence-corrected chi connectivity index (χ1v) is 4.88. The topological polar surface area (TPSA) is 67.6 Å². The zero-order valence-electron chi connectivity index (χ0n) is 9.63. The number of hydrogen-bond acceptors (Lipinski definition) is 2. The van der Waals surface area contributed by atoms with Gasteiger partial charge in [-0.25, -0.2) is 0 Å². The fraction of sp³-hybridized carbons (Fsp3) is 0.364. The molecule has 0 aliphatic rings. The van der Waals surface area contributed by atoms with Gasteiger partial charge in [0.1, 0.15) is 0 Å². The van der Waals surface area contributed by atoms with E-state index in [9.17, 15) is 0 Å². The molecule has 90 valence electrons. The lowest BCUT2D eigenvalue weighted by Gasteiger charge is -2.22. The number of benzene rings is 1.